The van der Waals surface area contributed by atoms with Crippen LogP contribution in [0.5, 0.6) is 5.75 Å². The maximum absolute atomic E-state index is 14.2. The standard InChI is InChI=1S/C31H37Cl2N3O5S2/c1-5-18-34-31(38)29(6-2)35(20-22-8-9-23(32)19-28(22)33)30(37)21-36(24-10-12-25(13-11-24)41-7-3)43(39,40)27-16-14-26(42-4)15-17-27/h8-17,19,29H,5-7,18,20-21H2,1-4H3,(H,34,38)/t29-/m1/s1. The lowest BCUT2D eigenvalue weighted by Gasteiger charge is -2.33. The summed E-state index contributed by atoms with van der Waals surface area (Å²) < 4.78 is 34.7. The van der Waals surface area contributed by atoms with Crippen LogP contribution in [0.4, 0.5) is 5.69 Å². The number of rotatable bonds is 15. The highest BCUT2D eigenvalue weighted by Crippen LogP contribution is 2.29. The predicted octanol–water partition coefficient (Wildman–Crippen LogP) is 6.64. The van der Waals surface area contributed by atoms with Crippen LogP contribution in [0.3, 0.4) is 0 Å². The normalized spacial score (nSPS) is 12.0. The lowest BCUT2D eigenvalue weighted by Crippen LogP contribution is -2.52. The molecule has 0 aromatic heterocycles. The van der Waals surface area contributed by atoms with Crippen molar-refractivity contribution in [2.24, 2.45) is 0 Å². The fourth-order valence-electron chi connectivity index (χ4n) is 4.40. The smallest absolute Gasteiger partial charge is 0.264 e. The van der Waals surface area contributed by atoms with E-state index in [9.17, 15) is 18.0 Å². The highest BCUT2D eigenvalue weighted by atomic mass is 35.5. The van der Waals surface area contributed by atoms with Crippen molar-refractivity contribution in [2.45, 2.75) is 56.0 Å². The minimum absolute atomic E-state index is 0.0214. The summed E-state index contributed by atoms with van der Waals surface area (Å²) in [7, 11) is -4.19. The molecule has 0 aliphatic rings. The number of carbonyl (C=O) groups excluding carboxylic acids is 2. The van der Waals surface area contributed by atoms with Gasteiger partial charge >= 0.3 is 0 Å². The van der Waals surface area contributed by atoms with Gasteiger partial charge in [0.05, 0.1) is 17.2 Å². The Kier molecular flexibility index (Phi) is 13.1. The topological polar surface area (TPSA) is 96.0 Å². The molecule has 2 amide bonds. The predicted molar refractivity (Wildman–Crippen MR) is 175 cm³/mol. The fourth-order valence-corrected chi connectivity index (χ4v) is 6.69. The lowest BCUT2D eigenvalue weighted by atomic mass is 10.1. The van der Waals surface area contributed by atoms with Gasteiger partial charge < -0.3 is 15.0 Å². The summed E-state index contributed by atoms with van der Waals surface area (Å²) in [5.41, 5.74) is 0.850. The molecule has 0 spiro atoms. The molecule has 0 heterocycles. The van der Waals surface area contributed by atoms with Crippen LogP contribution in [-0.2, 0) is 26.2 Å². The Morgan fingerprint density at radius 3 is 2.21 bits per heavy atom. The van der Waals surface area contributed by atoms with Gasteiger partial charge in [0.15, 0.2) is 0 Å². The van der Waals surface area contributed by atoms with E-state index in [0.29, 0.717) is 40.9 Å². The number of thioether (sulfide) groups is 1. The Balaban J connectivity index is 2.08. The van der Waals surface area contributed by atoms with Crippen LogP contribution in [-0.4, -0.2) is 57.1 Å². The molecule has 0 saturated heterocycles. The van der Waals surface area contributed by atoms with Gasteiger partial charge in [0.1, 0.15) is 18.3 Å². The molecule has 12 heteroatoms. The number of carbonyl (C=O) groups is 2. The Labute approximate surface area is 268 Å². The number of nitrogens with zero attached hydrogens (tertiary/aromatic N) is 2. The molecule has 43 heavy (non-hydrogen) atoms. The summed E-state index contributed by atoms with van der Waals surface area (Å²) in [6.45, 7) is 5.90. The zero-order chi connectivity index (χ0) is 31.6. The second-order valence-corrected chi connectivity index (χ2v) is 13.2. The summed E-state index contributed by atoms with van der Waals surface area (Å²) >= 11 is 14.1. The van der Waals surface area contributed by atoms with Crippen molar-refractivity contribution < 1.29 is 22.7 Å². The molecule has 232 valence electrons. The molecule has 3 aromatic rings. The zero-order valence-corrected chi connectivity index (χ0v) is 27.8. The van der Waals surface area contributed by atoms with E-state index in [-0.39, 0.29) is 23.0 Å². The minimum Gasteiger partial charge on any atom is -0.494 e. The van der Waals surface area contributed by atoms with Crippen molar-refractivity contribution in [1.82, 2.24) is 10.2 Å². The van der Waals surface area contributed by atoms with Gasteiger partial charge in [-0.2, -0.15) is 0 Å². The largest absolute Gasteiger partial charge is 0.494 e. The molecule has 8 nitrogen and oxygen atoms in total. The Morgan fingerprint density at radius 1 is 0.977 bits per heavy atom. The summed E-state index contributed by atoms with van der Waals surface area (Å²) in [6, 6.07) is 17.0. The fraction of sp³-hybridized carbons (Fsp3) is 0.355. The Hall–Kier alpha value is -2.92. The first kappa shape index (κ1) is 34.6. The van der Waals surface area contributed by atoms with E-state index in [2.05, 4.69) is 5.32 Å². The molecular weight excluding hydrogens is 629 g/mol. The van der Waals surface area contributed by atoms with Crippen LogP contribution in [0.1, 0.15) is 39.2 Å². The van der Waals surface area contributed by atoms with E-state index in [1.54, 1.807) is 61.5 Å². The van der Waals surface area contributed by atoms with Crippen molar-refractivity contribution in [3.8, 4) is 5.75 Å². The number of hydrogen-bond donors (Lipinski definition) is 1. The molecule has 0 saturated carbocycles. The highest BCUT2D eigenvalue weighted by molar-refractivity contribution is 7.98. The van der Waals surface area contributed by atoms with Crippen molar-refractivity contribution in [2.75, 3.05) is 30.3 Å². The summed E-state index contributed by atoms with van der Waals surface area (Å²) in [5.74, 6) is -0.328. The number of sulfonamides is 1. The van der Waals surface area contributed by atoms with Crippen molar-refractivity contribution in [3.63, 3.8) is 0 Å². The van der Waals surface area contributed by atoms with Crippen molar-refractivity contribution in [1.29, 1.82) is 0 Å². The van der Waals surface area contributed by atoms with Crippen LogP contribution in [0.15, 0.2) is 76.5 Å². The minimum atomic E-state index is -4.19. The van der Waals surface area contributed by atoms with E-state index in [1.807, 2.05) is 20.1 Å². The highest BCUT2D eigenvalue weighted by Gasteiger charge is 2.34. The van der Waals surface area contributed by atoms with Gasteiger partial charge in [-0.1, -0.05) is 43.1 Å². The average molecular weight is 667 g/mol. The first-order valence-corrected chi connectivity index (χ1v) is 17.4. The number of ether oxygens (including phenoxy) is 1. The first-order chi connectivity index (χ1) is 20.5. The molecule has 0 unspecified atom stereocenters. The second-order valence-electron chi connectivity index (χ2n) is 9.59. The Morgan fingerprint density at radius 2 is 1.65 bits per heavy atom. The monoisotopic (exact) mass is 665 g/mol. The molecule has 3 rings (SSSR count). The number of halogens is 2. The van der Waals surface area contributed by atoms with Gasteiger partial charge in [-0.05, 0) is 92.2 Å². The second kappa shape index (κ2) is 16.2. The van der Waals surface area contributed by atoms with E-state index < -0.39 is 28.5 Å². The van der Waals surface area contributed by atoms with E-state index >= 15 is 0 Å². The molecule has 3 aromatic carbocycles. The van der Waals surface area contributed by atoms with Gasteiger partial charge in [0.2, 0.25) is 11.8 Å². The zero-order valence-electron chi connectivity index (χ0n) is 24.7. The molecular formula is C31H37Cl2N3O5S2. The van der Waals surface area contributed by atoms with Crippen LogP contribution < -0.4 is 14.4 Å². The quantitative estimate of drug-likeness (QED) is 0.183. The SMILES string of the molecule is CCCNC(=O)[C@@H](CC)N(Cc1ccc(Cl)cc1Cl)C(=O)CN(c1ccc(OCC)cc1)S(=O)(=O)c1ccc(SC)cc1. The third kappa shape index (κ3) is 9.04. The molecule has 1 atom stereocenters. The summed E-state index contributed by atoms with van der Waals surface area (Å²) in [6.07, 6.45) is 2.92. The van der Waals surface area contributed by atoms with E-state index in [1.165, 1.54) is 28.8 Å². The van der Waals surface area contributed by atoms with Crippen molar-refractivity contribution in [3.05, 3.63) is 82.3 Å². The van der Waals surface area contributed by atoms with Crippen LogP contribution in [0, 0.1) is 0 Å². The Bertz CT molecular complexity index is 1490. The number of hydrogen-bond acceptors (Lipinski definition) is 6. The number of benzene rings is 3. The molecule has 1 N–H and O–H groups in total. The summed E-state index contributed by atoms with van der Waals surface area (Å²) in [4.78, 5) is 29.7. The first-order valence-electron chi connectivity index (χ1n) is 14.0. The number of nitrogens with one attached hydrogen (secondary N) is 1. The molecule has 0 fully saturated rings. The van der Waals surface area contributed by atoms with E-state index in [0.717, 1.165) is 15.6 Å². The van der Waals surface area contributed by atoms with E-state index in [4.69, 9.17) is 27.9 Å². The van der Waals surface area contributed by atoms with Gasteiger partial charge in [-0.15, -0.1) is 11.8 Å². The third-order valence-corrected chi connectivity index (χ3v) is 9.77. The van der Waals surface area contributed by atoms with Crippen LogP contribution in [0.2, 0.25) is 10.0 Å². The maximum atomic E-state index is 14.2. The van der Waals surface area contributed by atoms with Crippen molar-refractivity contribution >= 4 is 62.5 Å². The number of amides is 2. The van der Waals surface area contributed by atoms with Gasteiger partial charge in [-0.3, -0.25) is 13.9 Å². The third-order valence-electron chi connectivity index (χ3n) is 6.65. The molecule has 0 aliphatic carbocycles. The molecule has 0 bridgehead atoms. The maximum Gasteiger partial charge on any atom is 0.264 e. The van der Waals surface area contributed by atoms with Gasteiger partial charge in [-0.25, -0.2) is 8.42 Å². The molecule has 0 aliphatic heterocycles. The average Bonchev–Trinajstić information content (AvgIpc) is 3.00. The van der Waals surface area contributed by atoms with Crippen LogP contribution in [0.25, 0.3) is 0 Å². The summed E-state index contributed by atoms with van der Waals surface area (Å²) in [5, 5.41) is 3.63. The van der Waals surface area contributed by atoms with Gasteiger partial charge in [0.25, 0.3) is 10.0 Å². The molecule has 0 radical (unpaired) electrons. The van der Waals surface area contributed by atoms with Gasteiger partial charge in [0, 0.05) is 28.0 Å². The number of anilines is 1. The lowest BCUT2D eigenvalue weighted by molar-refractivity contribution is -0.140. The van der Waals surface area contributed by atoms with Crippen LogP contribution >= 0.6 is 35.0 Å².